The average Bonchev–Trinajstić information content (AvgIpc) is 2.53. The summed E-state index contributed by atoms with van der Waals surface area (Å²) in [5.41, 5.74) is 1.78. The lowest BCUT2D eigenvalue weighted by Gasteiger charge is -2.18. The lowest BCUT2D eigenvalue weighted by atomic mass is 10.1. The molecule has 0 spiro atoms. The van der Waals surface area contributed by atoms with Gasteiger partial charge in [0.1, 0.15) is 11.6 Å². The molecule has 0 aromatic heterocycles. The summed E-state index contributed by atoms with van der Waals surface area (Å²) in [4.78, 5) is 0. The number of aliphatic hydroxyl groups is 1. The highest BCUT2D eigenvalue weighted by Crippen LogP contribution is 2.20. The second-order valence-electron chi connectivity index (χ2n) is 4.97. The summed E-state index contributed by atoms with van der Waals surface area (Å²) < 4.78 is 18.0. The van der Waals surface area contributed by atoms with Gasteiger partial charge in [0.2, 0.25) is 0 Å². The van der Waals surface area contributed by atoms with E-state index in [1.165, 1.54) is 12.1 Å². The van der Waals surface area contributed by atoms with E-state index >= 15 is 0 Å². The van der Waals surface area contributed by atoms with Gasteiger partial charge in [-0.3, -0.25) is 0 Å². The number of nitrogens with one attached hydrogen (secondary N) is 1. The molecule has 21 heavy (non-hydrogen) atoms. The minimum absolute atomic E-state index is 0.0789. The van der Waals surface area contributed by atoms with Crippen LogP contribution in [0.15, 0.2) is 48.5 Å². The molecular formula is C17H20FNO2. The largest absolute Gasteiger partial charge is 0.497 e. The molecule has 0 bridgehead atoms. The van der Waals surface area contributed by atoms with Crippen LogP contribution >= 0.6 is 0 Å². The Bertz CT molecular complexity index is 571. The van der Waals surface area contributed by atoms with Crippen LogP contribution in [-0.2, 0) is 0 Å². The van der Waals surface area contributed by atoms with Crippen molar-refractivity contribution < 1.29 is 14.2 Å². The third kappa shape index (κ3) is 4.28. The number of rotatable bonds is 6. The van der Waals surface area contributed by atoms with Crippen molar-refractivity contribution in [2.45, 2.75) is 19.1 Å². The van der Waals surface area contributed by atoms with E-state index in [1.807, 2.05) is 31.2 Å². The standard InChI is InChI=1S/C17H20FNO2/c1-12(14-4-3-5-16(10-14)21-2)19-11-17(20)13-6-8-15(18)9-7-13/h3-10,12,17,19-20H,11H2,1-2H3/t12-,17?/m1/s1. The summed E-state index contributed by atoms with van der Waals surface area (Å²) in [6.07, 6.45) is -0.668. The molecule has 2 atom stereocenters. The molecule has 0 fully saturated rings. The maximum Gasteiger partial charge on any atom is 0.123 e. The van der Waals surface area contributed by atoms with Crippen molar-refractivity contribution in [1.82, 2.24) is 5.32 Å². The van der Waals surface area contributed by atoms with Crippen LogP contribution in [0.5, 0.6) is 5.75 Å². The van der Waals surface area contributed by atoms with Crippen LogP contribution in [0.25, 0.3) is 0 Å². The summed E-state index contributed by atoms with van der Waals surface area (Å²) >= 11 is 0. The fourth-order valence-electron chi connectivity index (χ4n) is 2.12. The van der Waals surface area contributed by atoms with Crippen molar-refractivity contribution in [3.63, 3.8) is 0 Å². The highest BCUT2D eigenvalue weighted by atomic mass is 19.1. The molecule has 0 saturated carbocycles. The first-order valence-corrected chi connectivity index (χ1v) is 6.91. The van der Waals surface area contributed by atoms with Gasteiger partial charge in [-0.25, -0.2) is 4.39 Å². The van der Waals surface area contributed by atoms with E-state index < -0.39 is 6.10 Å². The fraction of sp³-hybridized carbons (Fsp3) is 0.294. The number of ether oxygens (including phenoxy) is 1. The van der Waals surface area contributed by atoms with Crippen molar-refractivity contribution in [3.05, 3.63) is 65.5 Å². The third-order valence-electron chi connectivity index (χ3n) is 3.47. The molecule has 0 radical (unpaired) electrons. The second-order valence-corrected chi connectivity index (χ2v) is 4.97. The van der Waals surface area contributed by atoms with E-state index in [9.17, 15) is 9.50 Å². The highest BCUT2D eigenvalue weighted by Gasteiger charge is 2.11. The van der Waals surface area contributed by atoms with Crippen molar-refractivity contribution in [1.29, 1.82) is 0 Å². The summed E-state index contributed by atoms with van der Waals surface area (Å²) in [5.74, 6) is 0.504. The smallest absolute Gasteiger partial charge is 0.123 e. The predicted molar refractivity (Wildman–Crippen MR) is 80.8 cm³/mol. The number of benzene rings is 2. The van der Waals surface area contributed by atoms with Gasteiger partial charge in [0, 0.05) is 12.6 Å². The van der Waals surface area contributed by atoms with Gasteiger partial charge in [0.25, 0.3) is 0 Å². The van der Waals surface area contributed by atoms with E-state index in [1.54, 1.807) is 19.2 Å². The highest BCUT2D eigenvalue weighted by molar-refractivity contribution is 5.30. The molecule has 2 N–H and O–H groups in total. The zero-order chi connectivity index (χ0) is 15.2. The normalized spacial score (nSPS) is 13.7. The van der Waals surface area contributed by atoms with E-state index in [4.69, 9.17) is 4.74 Å². The lowest BCUT2D eigenvalue weighted by molar-refractivity contribution is 0.170. The number of halogens is 1. The second kappa shape index (κ2) is 7.20. The van der Waals surface area contributed by atoms with Gasteiger partial charge in [-0.05, 0) is 42.3 Å². The SMILES string of the molecule is COc1cccc([C@@H](C)NCC(O)c2ccc(F)cc2)c1. The number of methoxy groups -OCH3 is 1. The molecular weight excluding hydrogens is 269 g/mol. The maximum absolute atomic E-state index is 12.8. The molecule has 0 amide bonds. The summed E-state index contributed by atoms with van der Waals surface area (Å²) in [7, 11) is 1.63. The molecule has 112 valence electrons. The van der Waals surface area contributed by atoms with Crippen LogP contribution in [0.4, 0.5) is 4.39 Å². The molecule has 2 aromatic carbocycles. The predicted octanol–water partition coefficient (Wildman–Crippen LogP) is 3.22. The summed E-state index contributed by atoms with van der Waals surface area (Å²) in [6, 6.07) is 13.8. The molecule has 0 saturated heterocycles. The van der Waals surface area contributed by atoms with Gasteiger partial charge in [0.05, 0.1) is 13.2 Å². The Morgan fingerprint density at radius 3 is 2.52 bits per heavy atom. The monoisotopic (exact) mass is 289 g/mol. The molecule has 2 rings (SSSR count). The summed E-state index contributed by atoms with van der Waals surface area (Å²) in [5, 5.41) is 13.4. The number of hydrogen-bond donors (Lipinski definition) is 2. The molecule has 0 aliphatic carbocycles. The van der Waals surface area contributed by atoms with Crippen molar-refractivity contribution in [3.8, 4) is 5.75 Å². The Kier molecular flexibility index (Phi) is 5.31. The van der Waals surface area contributed by atoms with Crippen molar-refractivity contribution in [2.75, 3.05) is 13.7 Å². The molecule has 3 nitrogen and oxygen atoms in total. The van der Waals surface area contributed by atoms with Gasteiger partial charge in [-0.2, -0.15) is 0 Å². The average molecular weight is 289 g/mol. The van der Waals surface area contributed by atoms with Gasteiger partial charge >= 0.3 is 0 Å². The molecule has 0 aliphatic rings. The Balaban J connectivity index is 1.93. The fourth-order valence-corrected chi connectivity index (χ4v) is 2.12. The molecule has 2 aromatic rings. The van der Waals surface area contributed by atoms with E-state index in [-0.39, 0.29) is 11.9 Å². The van der Waals surface area contributed by atoms with Crippen molar-refractivity contribution in [2.24, 2.45) is 0 Å². The first-order valence-electron chi connectivity index (χ1n) is 6.91. The number of aliphatic hydroxyl groups excluding tert-OH is 1. The zero-order valence-corrected chi connectivity index (χ0v) is 12.2. The quantitative estimate of drug-likeness (QED) is 0.858. The molecule has 1 unspecified atom stereocenters. The van der Waals surface area contributed by atoms with Gasteiger partial charge in [0.15, 0.2) is 0 Å². The Morgan fingerprint density at radius 2 is 1.86 bits per heavy atom. The number of hydrogen-bond acceptors (Lipinski definition) is 3. The zero-order valence-electron chi connectivity index (χ0n) is 12.2. The first-order chi connectivity index (χ1) is 10.1. The first kappa shape index (κ1) is 15.5. The van der Waals surface area contributed by atoms with E-state index in [0.717, 1.165) is 11.3 Å². The van der Waals surface area contributed by atoms with Crippen LogP contribution in [0, 0.1) is 5.82 Å². The minimum Gasteiger partial charge on any atom is -0.497 e. The Morgan fingerprint density at radius 1 is 1.14 bits per heavy atom. The summed E-state index contributed by atoms with van der Waals surface area (Å²) in [6.45, 7) is 2.41. The lowest BCUT2D eigenvalue weighted by Crippen LogP contribution is -2.24. The van der Waals surface area contributed by atoms with Crippen LogP contribution in [0.3, 0.4) is 0 Å². The van der Waals surface area contributed by atoms with Crippen LogP contribution in [0.1, 0.15) is 30.2 Å². The van der Waals surface area contributed by atoms with Crippen LogP contribution in [0.2, 0.25) is 0 Å². The van der Waals surface area contributed by atoms with Crippen LogP contribution < -0.4 is 10.1 Å². The van der Waals surface area contributed by atoms with Gasteiger partial charge in [-0.15, -0.1) is 0 Å². The topological polar surface area (TPSA) is 41.5 Å². The van der Waals surface area contributed by atoms with Crippen LogP contribution in [-0.4, -0.2) is 18.8 Å². The van der Waals surface area contributed by atoms with Gasteiger partial charge < -0.3 is 15.2 Å². The Hall–Kier alpha value is -1.91. The van der Waals surface area contributed by atoms with E-state index in [2.05, 4.69) is 5.32 Å². The maximum atomic E-state index is 12.8. The van der Waals surface area contributed by atoms with Crippen molar-refractivity contribution >= 4 is 0 Å². The molecule has 4 heteroatoms. The third-order valence-corrected chi connectivity index (χ3v) is 3.47. The van der Waals surface area contributed by atoms with Gasteiger partial charge in [-0.1, -0.05) is 24.3 Å². The molecule has 0 aliphatic heterocycles. The minimum atomic E-state index is -0.668. The molecule has 0 heterocycles. The van der Waals surface area contributed by atoms with E-state index in [0.29, 0.717) is 12.1 Å². The Labute approximate surface area is 124 Å².